The van der Waals surface area contributed by atoms with Crippen LogP contribution in [0.15, 0.2) is 30.5 Å². The van der Waals surface area contributed by atoms with Crippen LogP contribution in [-0.2, 0) is 13.5 Å². The smallest absolute Gasteiger partial charge is 0.0796 e. The van der Waals surface area contributed by atoms with Crippen LogP contribution in [0.5, 0.6) is 0 Å². The van der Waals surface area contributed by atoms with Crippen LogP contribution < -0.4 is 0 Å². The van der Waals surface area contributed by atoms with Crippen LogP contribution in [0, 0.1) is 6.92 Å². The van der Waals surface area contributed by atoms with Crippen molar-refractivity contribution in [3.8, 4) is 0 Å². The highest BCUT2D eigenvalue weighted by Crippen LogP contribution is 2.25. The third-order valence-corrected chi connectivity index (χ3v) is 3.43. The monoisotopic (exact) mass is 264 g/mol. The summed E-state index contributed by atoms with van der Waals surface area (Å²) in [5.41, 5.74) is 3.09. The van der Waals surface area contributed by atoms with Gasteiger partial charge in [0.25, 0.3) is 0 Å². The molecule has 3 nitrogen and oxygen atoms in total. The van der Waals surface area contributed by atoms with E-state index in [1.54, 1.807) is 6.20 Å². The fraction of sp³-hybridized carbons (Fsp3) is 0.357. The van der Waals surface area contributed by atoms with Crippen molar-refractivity contribution < 1.29 is 5.11 Å². The van der Waals surface area contributed by atoms with E-state index in [9.17, 15) is 5.11 Å². The molecule has 0 aliphatic carbocycles. The van der Waals surface area contributed by atoms with E-state index < -0.39 is 6.10 Å². The zero-order chi connectivity index (χ0) is 13.1. The number of hydrogen-bond acceptors (Lipinski definition) is 2. The maximum Gasteiger partial charge on any atom is 0.0796 e. The first kappa shape index (κ1) is 13.1. The van der Waals surface area contributed by atoms with Gasteiger partial charge in [0.1, 0.15) is 0 Å². The van der Waals surface area contributed by atoms with Gasteiger partial charge in [-0.25, -0.2) is 0 Å². The van der Waals surface area contributed by atoms with Gasteiger partial charge in [-0.05, 0) is 49.1 Å². The number of rotatable bonds is 4. The van der Waals surface area contributed by atoms with Gasteiger partial charge in [0.2, 0.25) is 0 Å². The summed E-state index contributed by atoms with van der Waals surface area (Å²) in [6, 6.07) is 7.58. The van der Waals surface area contributed by atoms with Crippen LogP contribution in [0.25, 0.3) is 0 Å². The minimum atomic E-state index is -0.487. The first-order chi connectivity index (χ1) is 8.58. The van der Waals surface area contributed by atoms with Crippen molar-refractivity contribution in [1.82, 2.24) is 9.78 Å². The zero-order valence-electron chi connectivity index (χ0n) is 10.6. The fourth-order valence-electron chi connectivity index (χ4n) is 2.06. The molecule has 1 unspecified atom stereocenters. The number of nitrogens with zero attached hydrogens (tertiary/aromatic N) is 2. The number of benzene rings is 1. The summed E-state index contributed by atoms with van der Waals surface area (Å²) in [6.07, 6.45) is 2.75. The molecular formula is C14H17ClN2O. The SMILES string of the molecule is Cc1ccc(Cl)cc1C(O)CCc1ccnn1C. The van der Waals surface area contributed by atoms with E-state index in [4.69, 9.17) is 11.6 Å². The lowest BCUT2D eigenvalue weighted by Gasteiger charge is -2.14. The van der Waals surface area contributed by atoms with Crippen molar-refractivity contribution in [2.45, 2.75) is 25.9 Å². The second-order valence-electron chi connectivity index (χ2n) is 4.50. The van der Waals surface area contributed by atoms with E-state index in [0.717, 1.165) is 23.2 Å². The molecule has 2 aromatic rings. The van der Waals surface area contributed by atoms with Crippen LogP contribution in [-0.4, -0.2) is 14.9 Å². The second kappa shape index (κ2) is 5.55. The van der Waals surface area contributed by atoms with Gasteiger partial charge in [-0.2, -0.15) is 5.10 Å². The lowest BCUT2D eigenvalue weighted by atomic mass is 9.99. The Labute approximate surface area is 112 Å². The molecule has 96 valence electrons. The van der Waals surface area contributed by atoms with Gasteiger partial charge in [-0.15, -0.1) is 0 Å². The van der Waals surface area contributed by atoms with Gasteiger partial charge < -0.3 is 5.11 Å². The van der Waals surface area contributed by atoms with Crippen LogP contribution in [0.1, 0.15) is 29.3 Å². The Morgan fingerprint density at radius 3 is 2.83 bits per heavy atom. The molecule has 18 heavy (non-hydrogen) atoms. The summed E-state index contributed by atoms with van der Waals surface area (Å²) in [5.74, 6) is 0. The highest BCUT2D eigenvalue weighted by atomic mass is 35.5. The molecule has 0 radical (unpaired) electrons. The maximum atomic E-state index is 10.2. The molecule has 1 atom stereocenters. The number of hydrogen-bond donors (Lipinski definition) is 1. The van der Waals surface area contributed by atoms with Gasteiger partial charge in [-0.3, -0.25) is 4.68 Å². The van der Waals surface area contributed by atoms with Crippen LogP contribution in [0.3, 0.4) is 0 Å². The maximum absolute atomic E-state index is 10.2. The zero-order valence-corrected chi connectivity index (χ0v) is 11.4. The molecule has 2 rings (SSSR count). The highest BCUT2D eigenvalue weighted by Gasteiger charge is 2.12. The fourth-order valence-corrected chi connectivity index (χ4v) is 2.24. The quantitative estimate of drug-likeness (QED) is 0.922. The normalized spacial score (nSPS) is 12.7. The van der Waals surface area contributed by atoms with Crippen molar-refractivity contribution in [2.24, 2.45) is 7.05 Å². The molecule has 1 aromatic heterocycles. The minimum Gasteiger partial charge on any atom is -0.388 e. The molecule has 0 amide bonds. The molecule has 4 heteroatoms. The topological polar surface area (TPSA) is 38.1 Å². The Balaban J connectivity index is 2.06. The Morgan fingerprint density at radius 2 is 2.17 bits per heavy atom. The van der Waals surface area contributed by atoms with Gasteiger partial charge in [0.15, 0.2) is 0 Å². The summed E-state index contributed by atoms with van der Waals surface area (Å²) in [6.45, 7) is 1.99. The summed E-state index contributed by atoms with van der Waals surface area (Å²) in [5, 5.41) is 15.0. The van der Waals surface area contributed by atoms with Gasteiger partial charge in [-0.1, -0.05) is 17.7 Å². The Morgan fingerprint density at radius 1 is 1.39 bits per heavy atom. The molecule has 0 fully saturated rings. The molecule has 0 aliphatic heterocycles. The predicted molar refractivity (Wildman–Crippen MR) is 72.7 cm³/mol. The van der Waals surface area contributed by atoms with Crippen molar-refractivity contribution in [3.63, 3.8) is 0 Å². The molecule has 1 heterocycles. The van der Waals surface area contributed by atoms with Crippen LogP contribution in [0.4, 0.5) is 0 Å². The standard InChI is InChI=1S/C14H17ClN2O/c1-10-3-4-11(15)9-13(10)14(18)6-5-12-7-8-16-17(12)2/h3-4,7-9,14,18H,5-6H2,1-2H3. The molecule has 0 saturated carbocycles. The summed E-state index contributed by atoms with van der Waals surface area (Å²) in [4.78, 5) is 0. The molecule has 1 aromatic carbocycles. The van der Waals surface area contributed by atoms with E-state index in [-0.39, 0.29) is 0 Å². The van der Waals surface area contributed by atoms with E-state index in [0.29, 0.717) is 11.4 Å². The minimum absolute atomic E-state index is 0.487. The third kappa shape index (κ3) is 2.92. The number of halogens is 1. The van der Waals surface area contributed by atoms with Crippen molar-refractivity contribution in [2.75, 3.05) is 0 Å². The predicted octanol–water partition coefficient (Wildman–Crippen LogP) is 3.05. The van der Waals surface area contributed by atoms with E-state index in [2.05, 4.69) is 5.10 Å². The number of aliphatic hydroxyl groups excluding tert-OH is 1. The third-order valence-electron chi connectivity index (χ3n) is 3.20. The van der Waals surface area contributed by atoms with Crippen molar-refractivity contribution >= 4 is 11.6 Å². The van der Waals surface area contributed by atoms with Gasteiger partial charge >= 0.3 is 0 Å². The summed E-state index contributed by atoms with van der Waals surface area (Å²) < 4.78 is 1.83. The van der Waals surface area contributed by atoms with Crippen LogP contribution >= 0.6 is 11.6 Å². The Kier molecular flexibility index (Phi) is 4.04. The number of aryl methyl sites for hydroxylation is 3. The molecule has 0 aliphatic rings. The first-order valence-corrected chi connectivity index (χ1v) is 6.36. The summed E-state index contributed by atoms with van der Waals surface area (Å²) in [7, 11) is 1.91. The molecule has 0 saturated heterocycles. The largest absolute Gasteiger partial charge is 0.388 e. The average molecular weight is 265 g/mol. The lowest BCUT2D eigenvalue weighted by molar-refractivity contribution is 0.166. The first-order valence-electron chi connectivity index (χ1n) is 5.99. The number of aromatic nitrogens is 2. The molecule has 0 spiro atoms. The van der Waals surface area contributed by atoms with Gasteiger partial charge in [0, 0.05) is 24.0 Å². The molecular weight excluding hydrogens is 248 g/mol. The lowest BCUT2D eigenvalue weighted by Crippen LogP contribution is -2.04. The average Bonchev–Trinajstić information content (AvgIpc) is 2.75. The van der Waals surface area contributed by atoms with Crippen LogP contribution in [0.2, 0.25) is 5.02 Å². The van der Waals surface area contributed by atoms with Crippen molar-refractivity contribution in [1.29, 1.82) is 0 Å². The Bertz CT molecular complexity index is 536. The van der Waals surface area contributed by atoms with E-state index in [1.807, 2.05) is 42.9 Å². The van der Waals surface area contributed by atoms with E-state index >= 15 is 0 Å². The molecule has 0 bridgehead atoms. The summed E-state index contributed by atoms with van der Waals surface area (Å²) >= 11 is 5.96. The number of aliphatic hydroxyl groups is 1. The second-order valence-corrected chi connectivity index (χ2v) is 4.94. The van der Waals surface area contributed by atoms with Gasteiger partial charge in [0.05, 0.1) is 6.10 Å². The molecule has 1 N–H and O–H groups in total. The van der Waals surface area contributed by atoms with E-state index in [1.165, 1.54) is 0 Å². The Hall–Kier alpha value is -1.32. The highest BCUT2D eigenvalue weighted by molar-refractivity contribution is 6.30. The van der Waals surface area contributed by atoms with Crippen molar-refractivity contribution in [3.05, 3.63) is 52.3 Å².